The van der Waals surface area contributed by atoms with Crippen molar-refractivity contribution in [2.45, 2.75) is 58.8 Å². The largest absolute Gasteiger partial charge is 0.342 e. The highest BCUT2D eigenvalue weighted by atomic mass is 14.9. The van der Waals surface area contributed by atoms with E-state index in [2.05, 4.69) is 49.8 Å². The van der Waals surface area contributed by atoms with Gasteiger partial charge in [0.15, 0.2) is 0 Å². The highest BCUT2D eigenvalue weighted by Gasteiger charge is 2.25. The van der Waals surface area contributed by atoms with E-state index in [0.29, 0.717) is 0 Å². The first-order chi connectivity index (χ1) is 9.50. The van der Waals surface area contributed by atoms with Gasteiger partial charge in [0, 0.05) is 12.0 Å². The third kappa shape index (κ3) is 2.17. The first-order valence-electron chi connectivity index (χ1n) is 7.70. The average molecular weight is 268 g/mol. The Hall–Kier alpha value is -1.57. The molecule has 1 aromatic heterocycles. The summed E-state index contributed by atoms with van der Waals surface area (Å²) < 4.78 is 0. The fraction of sp³-hybridized carbons (Fsp3) is 0.500. The summed E-state index contributed by atoms with van der Waals surface area (Å²) in [6.45, 7) is 9.07. The van der Waals surface area contributed by atoms with Crippen LogP contribution in [-0.2, 0) is 24.7 Å². The van der Waals surface area contributed by atoms with Crippen LogP contribution in [0.25, 0.3) is 11.3 Å². The fourth-order valence-corrected chi connectivity index (χ4v) is 3.34. The molecular weight excluding hydrogens is 244 g/mol. The zero-order valence-electron chi connectivity index (χ0n) is 13.0. The minimum Gasteiger partial charge on any atom is -0.342 e. The van der Waals surface area contributed by atoms with Gasteiger partial charge in [0.2, 0.25) is 0 Å². The molecule has 1 aromatic carbocycles. The molecule has 0 bridgehead atoms. The normalized spacial score (nSPS) is 14.6. The summed E-state index contributed by atoms with van der Waals surface area (Å²) in [6.07, 6.45) is 6.66. The summed E-state index contributed by atoms with van der Waals surface area (Å²) in [4.78, 5) is 7.91. The molecule has 0 spiro atoms. The van der Waals surface area contributed by atoms with Crippen molar-refractivity contribution < 1.29 is 0 Å². The zero-order valence-corrected chi connectivity index (χ0v) is 13.0. The topological polar surface area (TPSA) is 28.7 Å². The third-order valence-electron chi connectivity index (χ3n) is 4.35. The molecular formula is C18H24N2. The number of H-pyrrole nitrogens is 1. The summed E-state index contributed by atoms with van der Waals surface area (Å²) in [7, 11) is 0. The second-order valence-electron chi connectivity index (χ2n) is 6.82. The molecule has 1 aliphatic rings. The van der Waals surface area contributed by atoms with Gasteiger partial charge in [0.1, 0.15) is 5.82 Å². The number of nitrogens with one attached hydrogen (secondary N) is 1. The SMILES string of the molecule is CCc1ncc(-c2ccc(C(C)(C)C)c3c2CCC3)[nH]1. The van der Waals surface area contributed by atoms with Crippen LogP contribution in [0, 0.1) is 0 Å². The quantitative estimate of drug-likeness (QED) is 0.858. The Kier molecular flexibility index (Phi) is 3.19. The van der Waals surface area contributed by atoms with Crippen molar-refractivity contribution in [3.05, 3.63) is 40.8 Å². The Morgan fingerprint density at radius 2 is 1.90 bits per heavy atom. The van der Waals surface area contributed by atoms with E-state index in [1.165, 1.54) is 36.1 Å². The second kappa shape index (κ2) is 4.76. The van der Waals surface area contributed by atoms with Crippen molar-refractivity contribution in [2.24, 2.45) is 0 Å². The predicted octanol–water partition coefficient (Wildman–Crippen LogP) is 4.43. The first kappa shape index (κ1) is 13.4. The molecule has 0 saturated heterocycles. The van der Waals surface area contributed by atoms with Crippen LogP contribution in [0.1, 0.15) is 56.6 Å². The van der Waals surface area contributed by atoms with Gasteiger partial charge in [-0.25, -0.2) is 4.98 Å². The molecule has 1 heterocycles. The number of aromatic amines is 1. The molecule has 1 N–H and O–H groups in total. The Bertz CT molecular complexity index is 629. The average Bonchev–Trinajstić information content (AvgIpc) is 3.05. The molecule has 3 rings (SSSR count). The maximum atomic E-state index is 4.45. The number of nitrogens with zero attached hydrogens (tertiary/aromatic N) is 1. The Morgan fingerprint density at radius 3 is 2.55 bits per heavy atom. The summed E-state index contributed by atoms with van der Waals surface area (Å²) in [5, 5.41) is 0. The molecule has 2 aromatic rings. The van der Waals surface area contributed by atoms with Crippen molar-refractivity contribution in [1.82, 2.24) is 9.97 Å². The zero-order chi connectivity index (χ0) is 14.3. The first-order valence-corrected chi connectivity index (χ1v) is 7.70. The van der Waals surface area contributed by atoms with Crippen LogP contribution in [0.15, 0.2) is 18.3 Å². The summed E-state index contributed by atoms with van der Waals surface area (Å²) in [5.74, 6) is 1.08. The maximum absolute atomic E-state index is 4.45. The third-order valence-corrected chi connectivity index (χ3v) is 4.35. The van der Waals surface area contributed by atoms with Crippen molar-refractivity contribution in [3.8, 4) is 11.3 Å². The van der Waals surface area contributed by atoms with Gasteiger partial charge in [-0.05, 0) is 41.4 Å². The highest BCUT2D eigenvalue weighted by Crippen LogP contribution is 2.38. The molecule has 0 radical (unpaired) electrons. The van der Waals surface area contributed by atoms with E-state index in [1.54, 1.807) is 11.1 Å². The molecule has 0 atom stereocenters. The number of imidazole rings is 1. The summed E-state index contributed by atoms with van der Waals surface area (Å²) >= 11 is 0. The highest BCUT2D eigenvalue weighted by molar-refractivity contribution is 5.68. The molecule has 0 fully saturated rings. The number of hydrogen-bond donors (Lipinski definition) is 1. The van der Waals surface area contributed by atoms with Gasteiger partial charge in [0.05, 0.1) is 11.9 Å². The minimum absolute atomic E-state index is 0.232. The van der Waals surface area contributed by atoms with Gasteiger partial charge < -0.3 is 4.98 Å². The van der Waals surface area contributed by atoms with Gasteiger partial charge in [0.25, 0.3) is 0 Å². The van der Waals surface area contributed by atoms with Crippen LogP contribution < -0.4 is 0 Å². The van der Waals surface area contributed by atoms with Crippen LogP contribution in [0.2, 0.25) is 0 Å². The number of hydrogen-bond acceptors (Lipinski definition) is 1. The van der Waals surface area contributed by atoms with Crippen LogP contribution in [0.3, 0.4) is 0 Å². The molecule has 0 saturated carbocycles. The van der Waals surface area contributed by atoms with Gasteiger partial charge >= 0.3 is 0 Å². The van der Waals surface area contributed by atoms with Crippen LogP contribution in [0.4, 0.5) is 0 Å². The molecule has 1 aliphatic carbocycles. The van der Waals surface area contributed by atoms with Gasteiger partial charge in [-0.15, -0.1) is 0 Å². The van der Waals surface area contributed by atoms with Crippen LogP contribution >= 0.6 is 0 Å². The summed E-state index contributed by atoms with van der Waals surface area (Å²) in [6, 6.07) is 4.61. The predicted molar refractivity (Wildman–Crippen MR) is 84.1 cm³/mol. The van der Waals surface area contributed by atoms with Crippen molar-refractivity contribution >= 4 is 0 Å². The number of benzene rings is 1. The van der Waals surface area contributed by atoms with E-state index in [9.17, 15) is 0 Å². The van der Waals surface area contributed by atoms with Crippen molar-refractivity contribution in [2.75, 3.05) is 0 Å². The monoisotopic (exact) mass is 268 g/mol. The van der Waals surface area contributed by atoms with Crippen LogP contribution in [-0.4, -0.2) is 9.97 Å². The minimum atomic E-state index is 0.232. The van der Waals surface area contributed by atoms with E-state index in [1.807, 2.05) is 6.20 Å². The van der Waals surface area contributed by atoms with E-state index >= 15 is 0 Å². The van der Waals surface area contributed by atoms with E-state index < -0.39 is 0 Å². The molecule has 0 amide bonds. The maximum Gasteiger partial charge on any atom is 0.106 e. The Morgan fingerprint density at radius 1 is 1.15 bits per heavy atom. The van der Waals surface area contributed by atoms with E-state index in [-0.39, 0.29) is 5.41 Å². The Labute approximate surface area is 121 Å². The molecule has 106 valence electrons. The van der Waals surface area contributed by atoms with Crippen molar-refractivity contribution in [3.63, 3.8) is 0 Å². The number of aryl methyl sites for hydroxylation is 1. The smallest absolute Gasteiger partial charge is 0.106 e. The van der Waals surface area contributed by atoms with E-state index in [0.717, 1.165) is 12.2 Å². The number of fused-ring (bicyclic) bond motifs is 1. The fourth-order valence-electron chi connectivity index (χ4n) is 3.34. The second-order valence-corrected chi connectivity index (χ2v) is 6.82. The van der Waals surface area contributed by atoms with Gasteiger partial charge in [-0.2, -0.15) is 0 Å². The lowest BCUT2D eigenvalue weighted by molar-refractivity contribution is 0.583. The lowest BCUT2D eigenvalue weighted by atomic mass is 9.81. The van der Waals surface area contributed by atoms with Crippen molar-refractivity contribution in [1.29, 1.82) is 0 Å². The molecule has 2 nitrogen and oxygen atoms in total. The lowest BCUT2D eigenvalue weighted by Crippen LogP contribution is -2.14. The van der Waals surface area contributed by atoms with Gasteiger partial charge in [-0.1, -0.05) is 39.8 Å². The molecule has 0 aliphatic heterocycles. The van der Waals surface area contributed by atoms with Gasteiger partial charge in [-0.3, -0.25) is 0 Å². The standard InChI is InChI=1S/C18H24N2/c1-5-17-19-11-16(20-17)14-9-10-15(18(2,3)4)13-8-6-7-12(13)14/h9-11H,5-8H2,1-4H3,(H,19,20). The molecule has 20 heavy (non-hydrogen) atoms. The van der Waals surface area contributed by atoms with Crippen LogP contribution in [0.5, 0.6) is 0 Å². The number of rotatable bonds is 2. The van der Waals surface area contributed by atoms with E-state index in [4.69, 9.17) is 0 Å². The number of aromatic nitrogens is 2. The Balaban J connectivity index is 2.13. The lowest BCUT2D eigenvalue weighted by Gasteiger charge is -2.24. The molecule has 0 unspecified atom stereocenters. The molecule has 2 heteroatoms. The summed E-state index contributed by atoms with van der Waals surface area (Å²) in [5.41, 5.74) is 7.42.